The molecular weight excluding hydrogens is 416 g/mol. The molecule has 0 spiro atoms. The zero-order chi connectivity index (χ0) is 22.5. The number of unbranched alkanes of at least 4 members (excludes halogenated alkanes) is 2. The largest absolute Gasteiger partial charge is 0.465 e. The molecule has 2 amide bonds. The van der Waals surface area contributed by atoms with Crippen LogP contribution in [0, 0.1) is 0 Å². The Morgan fingerprint density at radius 2 is 1.65 bits per heavy atom. The van der Waals surface area contributed by atoms with Crippen molar-refractivity contribution in [2.45, 2.75) is 32.6 Å². The lowest BCUT2D eigenvalue weighted by atomic mass is 10.0. The Labute approximate surface area is 187 Å². The minimum Gasteiger partial charge on any atom is -0.465 e. The van der Waals surface area contributed by atoms with Gasteiger partial charge in [-0.05, 0) is 49.9 Å². The first-order chi connectivity index (χ1) is 15.0. The highest BCUT2D eigenvalue weighted by Gasteiger charge is 2.09. The number of amides is 2. The third kappa shape index (κ3) is 8.72. The van der Waals surface area contributed by atoms with Crippen molar-refractivity contribution in [2.75, 3.05) is 29.6 Å². The molecule has 0 heterocycles. The van der Waals surface area contributed by atoms with Gasteiger partial charge in [0.25, 0.3) is 0 Å². The SMILES string of the molecule is CCOC(=O)Nc1ccccc1-c1ccc(NC(=O)CCCCCOC(=O)CS)cc1. The molecule has 2 rings (SSSR count). The van der Waals surface area contributed by atoms with Crippen LogP contribution in [0.1, 0.15) is 32.6 Å². The highest BCUT2D eigenvalue weighted by molar-refractivity contribution is 7.81. The van der Waals surface area contributed by atoms with Gasteiger partial charge < -0.3 is 14.8 Å². The normalized spacial score (nSPS) is 10.3. The molecule has 7 nitrogen and oxygen atoms in total. The van der Waals surface area contributed by atoms with Gasteiger partial charge in [0.1, 0.15) is 0 Å². The maximum Gasteiger partial charge on any atom is 0.411 e. The number of anilines is 2. The van der Waals surface area contributed by atoms with Crippen LogP contribution in [-0.4, -0.2) is 36.9 Å². The van der Waals surface area contributed by atoms with Crippen LogP contribution in [0.25, 0.3) is 11.1 Å². The zero-order valence-corrected chi connectivity index (χ0v) is 18.5. The molecule has 8 heteroatoms. The molecule has 0 aromatic heterocycles. The molecule has 0 saturated carbocycles. The van der Waals surface area contributed by atoms with Gasteiger partial charge in [-0.1, -0.05) is 30.3 Å². The predicted octanol–water partition coefficient (Wildman–Crippen LogP) is 4.89. The van der Waals surface area contributed by atoms with Crippen molar-refractivity contribution >= 4 is 42.0 Å². The number of ether oxygens (including phenoxy) is 2. The average molecular weight is 445 g/mol. The van der Waals surface area contributed by atoms with E-state index in [4.69, 9.17) is 9.47 Å². The summed E-state index contributed by atoms with van der Waals surface area (Å²) in [6.07, 6.45) is 2.14. The van der Waals surface area contributed by atoms with Crippen LogP contribution >= 0.6 is 12.6 Å². The summed E-state index contributed by atoms with van der Waals surface area (Å²) < 4.78 is 9.88. The summed E-state index contributed by atoms with van der Waals surface area (Å²) in [5, 5.41) is 5.62. The number of rotatable bonds is 11. The molecular formula is C23H28N2O5S. The first kappa shape index (κ1) is 24.3. The fourth-order valence-corrected chi connectivity index (χ4v) is 2.96. The smallest absolute Gasteiger partial charge is 0.411 e. The maximum atomic E-state index is 12.1. The van der Waals surface area contributed by atoms with Crippen LogP contribution < -0.4 is 10.6 Å². The average Bonchev–Trinajstić information content (AvgIpc) is 2.77. The Morgan fingerprint density at radius 3 is 2.35 bits per heavy atom. The molecule has 0 saturated heterocycles. The number of para-hydroxylation sites is 1. The maximum absolute atomic E-state index is 12.1. The van der Waals surface area contributed by atoms with Crippen molar-refractivity contribution in [1.29, 1.82) is 0 Å². The van der Waals surface area contributed by atoms with Crippen molar-refractivity contribution in [2.24, 2.45) is 0 Å². The Morgan fingerprint density at radius 1 is 0.903 bits per heavy atom. The van der Waals surface area contributed by atoms with Crippen molar-refractivity contribution in [1.82, 2.24) is 0 Å². The Balaban J connectivity index is 1.84. The molecule has 2 aromatic rings. The fraction of sp³-hybridized carbons (Fsp3) is 0.348. The number of carbonyl (C=O) groups excluding carboxylic acids is 3. The molecule has 0 aliphatic rings. The van der Waals surface area contributed by atoms with Crippen molar-refractivity contribution in [3.63, 3.8) is 0 Å². The van der Waals surface area contributed by atoms with Crippen molar-refractivity contribution < 1.29 is 23.9 Å². The van der Waals surface area contributed by atoms with E-state index >= 15 is 0 Å². The molecule has 0 unspecified atom stereocenters. The predicted molar refractivity (Wildman–Crippen MR) is 124 cm³/mol. The molecule has 166 valence electrons. The summed E-state index contributed by atoms with van der Waals surface area (Å²) in [7, 11) is 0. The second-order valence-corrected chi connectivity index (χ2v) is 7.02. The topological polar surface area (TPSA) is 93.7 Å². The highest BCUT2D eigenvalue weighted by Crippen LogP contribution is 2.29. The molecule has 2 N–H and O–H groups in total. The van der Waals surface area contributed by atoms with Crippen LogP contribution in [0.3, 0.4) is 0 Å². The minimum atomic E-state index is -0.501. The van der Waals surface area contributed by atoms with Gasteiger partial charge in [-0.2, -0.15) is 12.6 Å². The van der Waals surface area contributed by atoms with Gasteiger partial charge in [0.15, 0.2) is 0 Å². The van der Waals surface area contributed by atoms with E-state index in [1.54, 1.807) is 13.0 Å². The lowest BCUT2D eigenvalue weighted by Crippen LogP contribution is -2.13. The second-order valence-electron chi connectivity index (χ2n) is 6.71. The van der Waals surface area contributed by atoms with Crippen LogP contribution in [0.5, 0.6) is 0 Å². The van der Waals surface area contributed by atoms with Gasteiger partial charge in [0.05, 0.1) is 24.7 Å². The van der Waals surface area contributed by atoms with E-state index in [-0.39, 0.29) is 17.6 Å². The summed E-state index contributed by atoms with van der Waals surface area (Å²) in [6, 6.07) is 14.9. The monoisotopic (exact) mass is 444 g/mol. The van der Waals surface area contributed by atoms with Crippen molar-refractivity contribution in [3.05, 3.63) is 48.5 Å². The first-order valence-corrected chi connectivity index (χ1v) is 10.9. The number of hydrogen-bond acceptors (Lipinski definition) is 6. The van der Waals surface area contributed by atoms with E-state index in [9.17, 15) is 14.4 Å². The molecule has 31 heavy (non-hydrogen) atoms. The molecule has 0 fully saturated rings. The lowest BCUT2D eigenvalue weighted by molar-refractivity contribution is -0.140. The summed E-state index contributed by atoms with van der Waals surface area (Å²) in [4.78, 5) is 34.9. The number of carbonyl (C=O) groups is 3. The quantitative estimate of drug-likeness (QED) is 0.261. The molecule has 0 aliphatic heterocycles. The van der Waals surface area contributed by atoms with Crippen LogP contribution in [-0.2, 0) is 19.1 Å². The molecule has 0 bridgehead atoms. The van der Waals surface area contributed by atoms with Crippen LogP contribution in [0.15, 0.2) is 48.5 Å². The van der Waals surface area contributed by atoms with E-state index < -0.39 is 6.09 Å². The summed E-state index contributed by atoms with van der Waals surface area (Å²) in [5.41, 5.74) is 3.11. The Kier molecular flexibility index (Phi) is 10.4. The van der Waals surface area contributed by atoms with E-state index in [1.165, 1.54) is 0 Å². The minimum absolute atomic E-state index is 0.0653. The lowest BCUT2D eigenvalue weighted by Gasteiger charge is -2.12. The second kappa shape index (κ2) is 13.3. The van der Waals surface area contributed by atoms with E-state index in [0.717, 1.165) is 30.4 Å². The number of benzene rings is 2. The molecule has 2 aromatic carbocycles. The fourth-order valence-electron chi connectivity index (χ4n) is 2.87. The first-order valence-electron chi connectivity index (χ1n) is 10.2. The molecule has 0 radical (unpaired) electrons. The highest BCUT2D eigenvalue weighted by atomic mass is 32.1. The number of esters is 1. The number of thiol groups is 1. The van der Waals surface area contributed by atoms with Gasteiger partial charge in [0.2, 0.25) is 5.91 Å². The van der Waals surface area contributed by atoms with Gasteiger partial charge in [-0.15, -0.1) is 0 Å². The van der Waals surface area contributed by atoms with Gasteiger partial charge in [-0.25, -0.2) is 4.79 Å². The Bertz CT molecular complexity index is 871. The summed E-state index contributed by atoms with van der Waals surface area (Å²) in [6.45, 7) is 2.40. The Hall–Kier alpha value is -3.00. The third-order valence-corrected chi connectivity index (χ3v) is 4.62. The number of nitrogens with one attached hydrogen (secondary N) is 2. The third-order valence-electron chi connectivity index (χ3n) is 4.36. The van der Waals surface area contributed by atoms with E-state index in [2.05, 4.69) is 23.3 Å². The van der Waals surface area contributed by atoms with E-state index in [0.29, 0.717) is 31.0 Å². The van der Waals surface area contributed by atoms with Crippen LogP contribution in [0.2, 0.25) is 0 Å². The summed E-state index contributed by atoms with van der Waals surface area (Å²) >= 11 is 3.84. The van der Waals surface area contributed by atoms with Gasteiger partial charge >= 0.3 is 12.1 Å². The van der Waals surface area contributed by atoms with E-state index in [1.807, 2.05) is 42.5 Å². The zero-order valence-electron chi connectivity index (χ0n) is 17.6. The standard InChI is InChI=1S/C23H28N2O5S/c1-2-29-23(28)25-20-9-6-5-8-19(20)17-11-13-18(14-12-17)24-21(26)10-4-3-7-15-30-22(27)16-31/h5-6,8-9,11-14,31H,2-4,7,10,15-16H2,1H3,(H,24,26)(H,25,28). The van der Waals surface area contributed by atoms with Gasteiger partial charge in [-0.3, -0.25) is 14.9 Å². The molecule has 0 atom stereocenters. The van der Waals surface area contributed by atoms with Crippen molar-refractivity contribution in [3.8, 4) is 11.1 Å². The number of hydrogen-bond donors (Lipinski definition) is 3. The summed E-state index contributed by atoms with van der Waals surface area (Å²) in [5.74, 6) is -0.317. The van der Waals surface area contributed by atoms with Crippen LogP contribution in [0.4, 0.5) is 16.2 Å². The molecule has 0 aliphatic carbocycles. The van der Waals surface area contributed by atoms with Gasteiger partial charge in [0, 0.05) is 17.7 Å².